The van der Waals surface area contributed by atoms with Crippen LogP contribution < -0.4 is 9.47 Å². The third-order valence-corrected chi connectivity index (χ3v) is 20.1. The van der Waals surface area contributed by atoms with Gasteiger partial charge in [-0.2, -0.15) is 15.1 Å². The number of aliphatic hydroxyl groups excluding tert-OH is 1. The maximum atomic E-state index is 15.7. The van der Waals surface area contributed by atoms with Crippen LogP contribution >= 0.6 is 22.7 Å². The number of carbonyl (C=O) groups is 10. The van der Waals surface area contributed by atoms with Crippen molar-refractivity contribution < 1.29 is 90.9 Å². The first kappa shape index (κ1) is 70.5. The predicted octanol–water partition coefficient (Wildman–Crippen LogP) is 12.9. The standard InChI is InChI=1S/C81H57N5O19S2/c1-46-58(39-82)70(88)85(78(96)102-44-52-29-17-7-18-30-52)71(89)65(46)83-63-37-61-68(106-63)56-33-54-36-60-57(34-55(54)35-59(56)80(104-61,74(92)98-40-48-21-9-3-10-22-48)75(93)99-41-49-23-11-4-12-24-49)69-62(105-81(60,76(94)100-42-50-25-13-5-14-26-50)77(95)101-43-51-27-15-6-16-28-51)38-64(107-69)84-66-47(2)67(87)73(91)86(72(66)90)79(97)103-45-53-31-19-8-20-32-53/h3-38,54-55,87H,40-45H2,1-2H3. The summed E-state index contributed by atoms with van der Waals surface area (Å²) >= 11 is 1.73. The summed E-state index contributed by atoms with van der Waals surface area (Å²) in [6.45, 7) is 0.295. The number of thiophene rings is 2. The molecule has 0 spiro atoms. The van der Waals surface area contributed by atoms with E-state index in [9.17, 15) is 39.1 Å². The zero-order chi connectivity index (χ0) is 74.7. The third kappa shape index (κ3) is 13.5. The first-order valence-electron chi connectivity index (χ1n) is 33.1. The summed E-state index contributed by atoms with van der Waals surface area (Å²) in [5.74, 6) is -13.6. The topological polar surface area (TPSA) is 320 Å². The second-order valence-electron chi connectivity index (χ2n) is 24.8. The van der Waals surface area contributed by atoms with Gasteiger partial charge in [0, 0.05) is 57.4 Å². The lowest BCUT2D eigenvalue weighted by atomic mass is 9.68. The Bertz CT molecular complexity index is 5230. The van der Waals surface area contributed by atoms with Crippen LogP contribution in [0.2, 0.25) is 0 Å². The number of hydrogen-bond donors (Lipinski definition) is 1. The summed E-state index contributed by atoms with van der Waals surface area (Å²) in [6.07, 6.45) is 3.62. The van der Waals surface area contributed by atoms with E-state index in [4.69, 9.17) is 37.9 Å². The lowest BCUT2D eigenvalue weighted by molar-refractivity contribution is -0.179. The fourth-order valence-electron chi connectivity index (χ4n) is 12.6. The van der Waals surface area contributed by atoms with Crippen molar-refractivity contribution in [1.29, 1.82) is 5.26 Å². The van der Waals surface area contributed by atoms with E-state index >= 15 is 19.2 Å². The van der Waals surface area contributed by atoms with Gasteiger partial charge in [-0.25, -0.2) is 38.8 Å². The van der Waals surface area contributed by atoms with Crippen molar-refractivity contribution in [3.8, 4) is 17.6 Å². The number of aliphatic hydroxyl groups is 1. The lowest BCUT2D eigenvalue weighted by Gasteiger charge is -2.42. The number of rotatable bonds is 18. The van der Waals surface area contributed by atoms with E-state index < -0.39 is 105 Å². The van der Waals surface area contributed by atoms with E-state index in [1.807, 2.05) is 0 Å². The molecule has 2 atom stereocenters. The minimum Gasteiger partial charge on any atom is -0.503 e. The van der Waals surface area contributed by atoms with Gasteiger partial charge in [-0.05, 0) is 47.2 Å². The average Bonchev–Trinajstić information content (AvgIpc) is 1.70. The summed E-state index contributed by atoms with van der Waals surface area (Å²) in [6, 6.07) is 55.5. The van der Waals surface area contributed by atoms with Crippen LogP contribution in [0.1, 0.15) is 57.0 Å². The molecule has 8 aromatic rings. The largest absolute Gasteiger partial charge is 0.503 e. The Morgan fingerprint density at radius 2 is 0.738 bits per heavy atom. The van der Waals surface area contributed by atoms with Gasteiger partial charge in [0.1, 0.15) is 84.2 Å². The van der Waals surface area contributed by atoms with Gasteiger partial charge in [-0.3, -0.25) is 19.2 Å². The van der Waals surface area contributed by atoms with E-state index in [1.165, 1.54) is 26.0 Å². The number of nitriles is 1. The van der Waals surface area contributed by atoms with Crippen molar-refractivity contribution in [3.63, 3.8) is 0 Å². The second kappa shape index (κ2) is 29.7. The third-order valence-electron chi connectivity index (χ3n) is 18.0. The van der Waals surface area contributed by atoms with Gasteiger partial charge in [-0.1, -0.05) is 206 Å². The first-order chi connectivity index (χ1) is 51.8. The number of amides is 6. The van der Waals surface area contributed by atoms with Gasteiger partial charge in [0.15, 0.2) is 5.76 Å². The van der Waals surface area contributed by atoms with Gasteiger partial charge >= 0.3 is 53.2 Å². The molecule has 107 heavy (non-hydrogen) atoms. The van der Waals surface area contributed by atoms with Crippen molar-refractivity contribution in [2.45, 2.75) is 64.7 Å². The number of benzene rings is 6. The molecule has 0 saturated heterocycles. The van der Waals surface area contributed by atoms with Crippen LogP contribution in [0, 0.1) is 23.2 Å². The van der Waals surface area contributed by atoms with Crippen LogP contribution in [0.5, 0.6) is 11.5 Å². The Labute approximate surface area is 616 Å². The Kier molecular flexibility index (Phi) is 19.6. The quantitative estimate of drug-likeness (QED) is 0.0361. The Morgan fingerprint density at radius 3 is 1.06 bits per heavy atom. The van der Waals surface area contributed by atoms with E-state index in [2.05, 4.69) is 9.98 Å². The number of esters is 4. The summed E-state index contributed by atoms with van der Waals surface area (Å²) in [7, 11) is 0. The van der Waals surface area contributed by atoms with Crippen LogP contribution in [0.4, 0.5) is 19.6 Å². The first-order valence-corrected chi connectivity index (χ1v) is 34.8. The molecule has 6 amide bonds. The number of aliphatic imine (C=N–C) groups is 2. The molecule has 6 heterocycles. The summed E-state index contributed by atoms with van der Waals surface area (Å²) in [4.78, 5) is 157. The highest BCUT2D eigenvalue weighted by Gasteiger charge is 2.63. The zero-order valence-corrected chi connectivity index (χ0v) is 58.2. The van der Waals surface area contributed by atoms with Crippen molar-refractivity contribution in [2.24, 2.45) is 21.8 Å². The Balaban J connectivity index is 0.938. The van der Waals surface area contributed by atoms with Gasteiger partial charge < -0.3 is 43.0 Å². The number of allylic oxidation sites excluding steroid dienone is 4. The van der Waals surface area contributed by atoms with Crippen molar-refractivity contribution in [2.75, 3.05) is 0 Å². The van der Waals surface area contributed by atoms with Crippen LogP contribution in [-0.4, -0.2) is 97.2 Å². The van der Waals surface area contributed by atoms with Gasteiger partial charge in [0.25, 0.3) is 17.7 Å². The number of ether oxygens (including phenoxy) is 8. The van der Waals surface area contributed by atoms with Crippen molar-refractivity contribution in [1.82, 2.24) is 9.80 Å². The lowest BCUT2D eigenvalue weighted by Crippen LogP contribution is -2.58. The zero-order valence-electron chi connectivity index (χ0n) is 56.5. The molecule has 6 aromatic carbocycles. The van der Waals surface area contributed by atoms with Crippen LogP contribution in [0.15, 0.2) is 262 Å². The molecule has 2 aromatic heterocycles. The van der Waals surface area contributed by atoms with Crippen LogP contribution in [-0.2, 0) is 106 Å². The molecule has 6 aliphatic rings. The van der Waals surface area contributed by atoms with Gasteiger partial charge in [0.05, 0.1) is 9.75 Å². The molecule has 26 heteroatoms. The molecule has 14 rings (SSSR count). The van der Waals surface area contributed by atoms with E-state index in [0.29, 0.717) is 33.4 Å². The maximum Gasteiger partial charge on any atom is 0.424 e. The number of carbonyl (C=O) groups excluding carboxylic acids is 10. The molecule has 1 N–H and O–H groups in total. The van der Waals surface area contributed by atoms with Crippen molar-refractivity contribution >= 4 is 115 Å². The minimum atomic E-state index is -2.87. The molecule has 0 fully saturated rings. The molecule has 2 aliphatic carbocycles. The summed E-state index contributed by atoms with van der Waals surface area (Å²) < 4.78 is 48.9. The van der Waals surface area contributed by atoms with Gasteiger partial charge in [-0.15, -0.1) is 22.7 Å². The van der Waals surface area contributed by atoms with Crippen molar-refractivity contribution in [3.05, 3.63) is 295 Å². The number of imide groups is 6. The maximum absolute atomic E-state index is 15.7. The summed E-state index contributed by atoms with van der Waals surface area (Å²) in [5.41, 5.74) is -4.90. The highest BCUT2D eigenvalue weighted by Crippen LogP contribution is 2.59. The predicted molar refractivity (Wildman–Crippen MR) is 384 cm³/mol. The van der Waals surface area contributed by atoms with Crippen LogP contribution in [0.3, 0.4) is 0 Å². The highest BCUT2D eigenvalue weighted by molar-refractivity contribution is 7.17. The molecular formula is C81H57N5O19S2. The fraction of sp³-hybridized carbons (Fsp3) is 0.148. The van der Waals surface area contributed by atoms with E-state index in [1.54, 1.807) is 212 Å². The molecule has 0 saturated carbocycles. The van der Waals surface area contributed by atoms with Gasteiger partial charge in [0.2, 0.25) is 0 Å². The monoisotopic (exact) mass is 1470 g/mol. The molecule has 2 unspecified atom stereocenters. The normalized spacial score (nSPS) is 18.1. The molecule has 0 radical (unpaired) electrons. The van der Waals surface area contributed by atoms with E-state index in [-0.39, 0.29) is 114 Å². The smallest absolute Gasteiger partial charge is 0.424 e. The average molecular weight is 1470 g/mol. The molecular weight excluding hydrogens is 1410 g/mol. The fourth-order valence-corrected chi connectivity index (χ4v) is 14.6. The molecule has 532 valence electrons. The Hall–Kier alpha value is -13.5. The number of nitrogens with zero attached hydrogens (tertiary/aromatic N) is 5. The van der Waals surface area contributed by atoms with Crippen LogP contribution in [0.25, 0.3) is 11.1 Å². The molecule has 24 nitrogen and oxygen atoms in total. The highest BCUT2D eigenvalue weighted by atomic mass is 32.1. The Morgan fingerprint density at radius 1 is 0.439 bits per heavy atom. The molecule has 0 bridgehead atoms. The van der Waals surface area contributed by atoms with E-state index in [0.717, 1.165) is 22.7 Å². The SMILES string of the molecule is CC1=C(O)C(=O)N(C(=O)OCc2ccccc2)C(=O)C1=Nc1cc2c(s1)C1=CC3C=C4C(=CC3C=C1C(C(=O)OCc1ccccc1)(C(=O)OCc1ccccc1)O2)c1sc(N=C2C(=O)N(C(=O)OCc3ccccc3)C(=O)C(C#N)=C2C)cc1OC4(C(=O)OCc1ccccc1)C(=O)OCc1ccccc1. The second-order valence-corrected chi connectivity index (χ2v) is 26.9. The minimum absolute atomic E-state index is 0.0793. The molecule has 4 aliphatic heterocycles. The number of fused-ring (bicyclic) bond motifs is 7. The number of hydrogen-bond acceptors (Lipinski definition) is 24. The summed E-state index contributed by atoms with van der Waals surface area (Å²) in [5, 5.41) is 21.5.